The van der Waals surface area contributed by atoms with Gasteiger partial charge in [-0.05, 0) is 42.8 Å². The van der Waals surface area contributed by atoms with Crippen molar-refractivity contribution < 1.29 is 4.74 Å². The van der Waals surface area contributed by atoms with Crippen molar-refractivity contribution in [2.24, 2.45) is 0 Å². The first-order valence-electron chi connectivity index (χ1n) is 5.07. The van der Waals surface area contributed by atoms with Crippen LogP contribution in [0.5, 0.6) is 5.75 Å². The fourth-order valence-electron chi connectivity index (χ4n) is 1.64. The maximum atomic E-state index is 5.73. The molecule has 0 bridgehead atoms. The molecule has 0 fully saturated rings. The Balaban J connectivity index is 2.45. The quantitative estimate of drug-likeness (QED) is 0.836. The largest absolute Gasteiger partial charge is 0.496 e. The minimum absolute atomic E-state index is 0.721. The molecule has 0 aliphatic carbocycles. The van der Waals surface area contributed by atoms with Gasteiger partial charge in [-0.2, -0.15) is 0 Å². The highest BCUT2D eigenvalue weighted by molar-refractivity contribution is 5.64. The summed E-state index contributed by atoms with van der Waals surface area (Å²) in [7, 11) is 1.67. The van der Waals surface area contributed by atoms with Crippen molar-refractivity contribution in [2.75, 3.05) is 12.8 Å². The molecule has 0 amide bonds. The number of nitrogen functional groups attached to an aromatic ring is 1. The lowest BCUT2D eigenvalue weighted by Crippen LogP contribution is -1.91. The third-order valence-electron chi connectivity index (χ3n) is 2.47. The second kappa shape index (κ2) is 4.23. The number of ether oxygens (including phenoxy) is 1. The predicted octanol–water partition coefficient (Wildman–Crippen LogP) is 2.65. The zero-order chi connectivity index (χ0) is 11.5. The number of benzene rings is 1. The van der Waals surface area contributed by atoms with Crippen LogP contribution in [-0.4, -0.2) is 12.1 Å². The van der Waals surface area contributed by atoms with Crippen LogP contribution in [0.1, 0.15) is 5.56 Å². The average molecular weight is 214 g/mol. The molecule has 0 unspecified atom stereocenters. The summed E-state index contributed by atoms with van der Waals surface area (Å²) in [6.07, 6.45) is 1.71. The number of anilines is 1. The summed E-state index contributed by atoms with van der Waals surface area (Å²) >= 11 is 0. The zero-order valence-electron chi connectivity index (χ0n) is 9.40. The van der Waals surface area contributed by atoms with Gasteiger partial charge < -0.3 is 10.5 Å². The minimum atomic E-state index is 0.721. The highest BCUT2D eigenvalue weighted by Crippen LogP contribution is 2.25. The van der Waals surface area contributed by atoms with Gasteiger partial charge in [0.2, 0.25) is 0 Å². The fraction of sp³-hybridized carbons (Fsp3) is 0.154. The van der Waals surface area contributed by atoms with Crippen LogP contribution in [0, 0.1) is 6.92 Å². The number of rotatable bonds is 2. The van der Waals surface area contributed by atoms with Gasteiger partial charge in [-0.3, -0.25) is 4.98 Å². The Morgan fingerprint density at radius 2 is 2.00 bits per heavy atom. The zero-order valence-corrected chi connectivity index (χ0v) is 9.40. The Hall–Kier alpha value is -2.03. The number of methoxy groups -OCH3 is 1. The van der Waals surface area contributed by atoms with Crippen LogP contribution in [0.4, 0.5) is 5.69 Å². The Bertz CT molecular complexity index is 509. The first-order valence-corrected chi connectivity index (χ1v) is 5.07. The van der Waals surface area contributed by atoms with Crippen LogP contribution in [-0.2, 0) is 0 Å². The van der Waals surface area contributed by atoms with E-state index < -0.39 is 0 Å². The van der Waals surface area contributed by atoms with Crippen LogP contribution >= 0.6 is 0 Å². The van der Waals surface area contributed by atoms with Crippen molar-refractivity contribution in [1.29, 1.82) is 0 Å². The molecule has 0 aliphatic heterocycles. The second-order valence-electron chi connectivity index (χ2n) is 3.66. The molecule has 1 aromatic heterocycles. The molecule has 0 saturated carbocycles. The topological polar surface area (TPSA) is 48.1 Å². The molecule has 1 heterocycles. The van der Waals surface area contributed by atoms with Gasteiger partial charge in [-0.1, -0.05) is 0 Å². The van der Waals surface area contributed by atoms with Crippen LogP contribution in [0.15, 0.2) is 36.5 Å². The highest BCUT2D eigenvalue weighted by atomic mass is 16.5. The summed E-state index contributed by atoms with van der Waals surface area (Å²) < 4.78 is 5.21. The molecular weight excluding hydrogens is 200 g/mol. The third kappa shape index (κ3) is 1.98. The number of hydrogen-bond donors (Lipinski definition) is 1. The van der Waals surface area contributed by atoms with Crippen LogP contribution in [0.25, 0.3) is 11.3 Å². The van der Waals surface area contributed by atoms with E-state index in [2.05, 4.69) is 4.98 Å². The van der Waals surface area contributed by atoms with E-state index in [9.17, 15) is 0 Å². The van der Waals surface area contributed by atoms with E-state index >= 15 is 0 Å². The van der Waals surface area contributed by atoms with Crippen molar-refractivity contribution in [2.45, 2.75) is 6.92 Å². The first-order chi connectivity index (χ1) is 7.70. The molecule has 16 heavy (non-hydrogen) atoms. The first kappa shape index (κ1) is 10.5. The van der Waals surface area contributed by atoms with Gasteiger partial charge in [-0.25, -0.2) is 0 Å². The number of pyridine rings is 1. The molecule has 3 heteroatoms. The molecule has 0 atom stereocenters. The van der Waals surface area contributed by atoms with Crippen LogP contribution in [0.3, 0.4) is 0 Å². The number of hydrogen-bond acceptors (Lipinski definition) is 3. The summed E-state index contributed by atoms with van der Waals surface area (Å²) in [6, 6.07) is 9.60. The smallest absolute Gasteiger partial charge is 0.121 e. The van der Waals surface area contributed by atoms with Crippen molar-refractivity contribution in [3.8, 4) is 17.0 Å². The summed E-state index contributed by atoms with van der Waals surface area (Å²) in [6.45, 7) is 2.01. The summed E-state index contributed by atoms with van der Waals surface area (Å²) in [5.74, 6) is 0.882. The lowest BCUT2D eigenvalue weighted by molar-refractivity contribution is 0.412. The second-order valence-corrected chi connectivity index (χ2v) is 3.66. The van der Waals surface area contributed by atoms with Crippen molar-refractivity contribution in [3.63, 3.8) is 0 Å². The summed E-state index contributed by atoms with van der Waals surface area (Å²) in [5, 5.41) is 0. The Morgan fingerprint density at radius 3 is 2.62 bits per heavy atom. The molecule has 0 saturated heterocycles. The standard InChI is InChI=1S/C13H14N2O/c1-9-7-10(3-4-13(9)16-2)12-8-11(14)5-6-15-12/h3-8H,1-2H3,(H2,14,15). The monoisotopic (exact) mass is 214 g/mol. The van der Waals surface area contributed by atoms with Gasteiger partial charge in [0.25, 0.3) is 0 Å². The number of nitrogens with two attached hydrogens (primary N) is 1. The molecule has 1 aromatic carbocycles. The lowest BCUT2D eigenvalue weighted by atomic mass is 10.1. The highest BCUT2D eigenvalue weighted by Gasteiger charge is 2.03. The number of nitrogens with zero attached hydrogens (tertiary/aromatic N) is 1. The van der Waals surface area contributed by atoms with E-state index in [0.29, 0.717) is 0 Å². The lowest BCUT2D eigenvalue weighted by Gasteiger charge is -2.07. The number of aryl methyl sites for hydroxylation is 1. The van der Waals surface area contributed by atoms with Gasteiger partial charge in [0.15, 0.2) is 0 Å². The van der Waals surface area contributed by atoms with Crippen LogP contribution < -0.4 is 10.5 Å². The molecule has 3 nitrogen and oxygen atoms in total. The molecule has 82 valence electrons. The summed E-state index contributed by atoms with van der Waals surface area (Å²) in [5.41, 5.74) is 9.46. The Morgan fingerprint density at radius 1 is 1.19 bits per heavy atom. The van der Waals surface area contributed by atoms with Gasteiger partial charge in [0, 0.05) is 17.4 Å². The summed E-state index contributed by atoms with van der Waals surface area (Å²) in [4.78, 5) is 4.29. The van der Waals surface area contributed by atoms with E-state index in [4.69, 9.17) is 10.5 Å². The van der Waals surface area contributed by atoms with Gasteiger partial charge in [0.1, 0.15) is 5.75 Å². The predicted molar refractivity (Wildman–Crippen MR) is 65.4 cm³/mol. The molecule has 0 radical (unpaired) electrons. The third-order valence-corrected chi connectivity index (χ3v) is 2.47. The number of aromatic nitrogens is 1. The van der Waals surface area contributed by atoms with Gasteiger partial charge in [0.05, 0.1) is 12.8 Å². The van der Waals surface area contributed by atoms with E-state index in [0.717, 1.165) is 28.3 Å². The molecule has 2 rings (SSSR count). The SMILES string of the molecule is COc1ccc(-c2cc(N)ccn2)cc1C. The minimum Gasteiger partial charge on any atom is -0.496 e. The molecular formula is C13H14N2O. The van der Waals surface area contributed by atoms with Crippen molar-refractivity contribution in [3.05, 3.63) is 42.1 Å². The van der Waals surface area contributed by atoms with Gasteiger partial charge >= 0.3 is 0 Å². The van der Waals surface area contributed by atoms with Crippen molar-refractivity contribution in [1.82, 2.24) is 4.98 Å². The Kier molecular flexibility index (Phi) is 2.77. The Labute approximate surface area is 94.9 Å². The van der Waals surface area contributed by atoms with E-state index in [1.54, 1.807) is 19.4 Å². The van der Waals surface area contributed by atoms with E-state index in [-0.39, 0.29) is 0 Å². The fourth-order valence-corrected chi connectivity index (χ4v) is 1.64. The maximum Gasteiger partial charge on any atom is 0.121 e. The average Bonchev–Trinajstić information content (AvgIpc) is 2.29. The van der Waals surface area contributed by atoms with Crippen LogP contribution in [0.2, 0.25) is 0 Å². The van der Waals surface area contributed by atoms with Gasteiger partial charge in [-0.15, -0.1) is 0 Å². The molecule has 0 spiro atoms. The van der Waals surface area contributed by atoms with Crippen molar-refractivity contribution >= 4 is 5.69 Å². The van der Waals surface area contributed by atoms with E-state index in [1.807, 2.05) is 31.2 Å². The normalized spacial score (nSPS) is 10.1. The molecule has 0 aliphatic rings. The maximum absolute atomic E-state index is 5.73. The van der Waals surface area contributed by atoms with E-state index in [1.165, 1.54) is 0 Å². The molecule has 2 N–H and O–H groups in total. The molecule has 2 aromatic rings.